The van der Waals surface area contributed by atoms with E-state index in [0.717, 1.165) is 31.0 Å². The summed E-state index contributed by atoms with van der Waals surface area (Å²) in [4.78, 5) is 2.27. The van der Waals surface area contributed by atoms with Gasteiger partial charge in [0.05, 0.1) is 0 Å². The molecule has 0 amide bonds. The molecular weight excluding hydrogens is 222 g/mol. The van der Waals surface area contributed by atoms with Gasteiger partial charge in [-0.3, -0.25) is 0 Å². The predicted octanol–water partition coefficient (Wildman–Crippen LogP) is 2.54. The monoisotopic (exact) mass is 239 g/mol. The van der Waals surface area contributed by atoms with Crippen molar-refractivity contribution in [1.82, 2.24) is 4.90 Å². The normalized spacial score (nSPS) is 17.8. The van der Waals surface area contributed by atoms with Crippen LogP contribution in [0, 0.1) is 5.41 Å². The maximum absolute atomic E-state index is 9.26. The molecule has 0 saturated heterocycles. The molecule has 0 unspecified atom stereocenters. The molecule has 2 rings (SSSR count). The van der Waals surface area contributed by atoms with Crippen molar-refractivity contribution in [2.24, 2.45) is 5.41 Å². The van der Waals surface area contributed by atoms with E-state index < -0.39 is 0 Å². The van der Waals surface area contributed by atoms with Crippen LogP contribution in [-0.4, -0.2) is 30.2 Å². The van der Waals surface area contributed by atoms with Gasteiger partial charge in [-0.15, -0.1) is 0 Å². The van der Waals surface area contributed by atoms with E-state index in [1.54, 1.807) is 0 Å². The molecule has 0 radical (unpaired) electrons. The summed E-state index contributed by atoms with van der Waals surface area (Å²) in [5, 5.41) is 10.0. The quantitative estimate of drug-likeness (QED) is 0.854. The summed E-state index contributed by atoms with van der Waals surface area (Å²) in [5.41, 5.74) is 1.46. The van der Waals surface area contributed by atoms with E-state index in [0.29, 0.717) is 6.61 Å². The first-order valence-corrected chi connectivity index (χ1v) is 6.05. The van der Waals surface area contributed by atoms with E-state index in [1.807, 2.05) is 12.1 Å². The largest absolute Gasteiger partial charge is 0.396 e. The molecule has 1 fully saturated rings. The molecular formula is C13H18ClNO. The minimum absolute atomic E-state index is 0.196. The van der Waals surface area contributed by atoms with Crippen LogP contribution < -0.4 is 0 Å². The fourth-order valence-electron chi connectivity index (χ4n) is 2.07. The Morgan fingerprint density at radius 1 is 1.31 bits per heavy atom. The highest BCUT2D eigenvalue weighted by atomic mass is 35.5. The second-order valence-electron chi connectivity index (χ2n) is 4.96. The zero-order chi connectivity index (χ0) is 11.6. The molecule has 1 N–H and O–H groups in total. The summed E-state index contributed by atoms with van der Waals surface area (Å²) >= 11 is 5.84. The van der Waals surface area contributed by atoms with E-state index in [9.17, 15) is 5.11 Å². The van der Waals surface area contributed by atoms with Crippen LogP contribution in [0.1, 0.15) is 18.4 Å². The summed E-state index contributed by atoms with van der Waals surface area (Å²) in [6.07, 6.45) is 2.32. The molecule has 0 aliphatic heterocycles. The summed E-state index contributed by atoms with van der Waals surface area (Å²) in [7, 11) is 2.10. The smallest absolute Gasteiger partial charge is 0.0499 e. The Kier molecular flexibility index (Phi) is 3.53. The van der Waals surface area contributed by atoms with Crippen LogP contribution in [0.25, 0.3) is 0 Å². The van der Waals surface area contributed by atoms with E-state index in [2.05, 4.69) is 24.1 Å². The minimum Gasteiger partial charge on any atom is -0.396 e. The highest BCUT2D eigenvalue weighted by Crippen LogP contribution is 2.45. The maximum atomic E-state index is 9.26. The summed E-state index contributed by atoms with van der Waals surface area (Å²) in [6.45, 7) is 2.21. The standard InChI is InChI=1S/C13H18ClNO/c1-15(9-13(10-16)6-7-13)8-11-2-4-12(14)5-3-11/h2-5,16H,6-10H2,1H3. The SMILES string of the molecule is CN(Cc1ccc(Cl)cc1)CC1(CO)CC1. The first-order valence-electron chi connectivity index (χ1n) is 5.67. The van der Waals surface area contributed by atoms with Crippen LogP contribution in [0.2, 0.25) is 5.02 Å². The van der Waals surface area contributed by atoms with Crippen LogP contribution in [0.15, 0.2) is 24.3 Å². The highest BCUT2D eigenvalue weighted by molar-refractivity contribution is 6.30. The van der Waals surface area contributed by atoms with Gasteiger partial charge in [-0.25, -0.2) is 0 Å². The second-order valence-corrected chi connectivity index (χ2v) is 5.39. The Hall–Kier alpha value is -0.570. The zero-order valence-electron chi connectivity index (χ0n) is 9.62. The van der Waals surface area contributed by atoms with Gasteiger partial charge < -0.3 is 10.0 Å². The first-order chi connectivity index (χ1) is 7.63. The van der Waals surface area contributed by atoms with Crippen molar-refractivity contribution >= 4 is 11.6 Å². The van der Waals surface area contributed by atoms with Crippen LogP contribution in [-0.2, 0) is 6.54 Å². The van der Waals surface area contributed by atoms with Gasteiger partial charge >= 0.3 is 0 Å². The fraction of sp³-hybridized carbons (Fsp3) is 0.538. The average Bonchev–Trinajstić information content (AvgIpc) is 3.02. The van der Waals surface area contributed by atoms with Crippen molar-refractivity contribution in [1.29, 1.82) is 0 Å². The average molecular weight is 240 g/mol. The molecule has 3 heteroatoms. The van der Waals surface area contributed by atoms with Crippen LogP contribution in [0.3, 0.4) is 0 Å². The molecule has 0 heterocycles. The summed E-state index contributed by atoms with van der Waals surface area (Å²) in [6, 6.07) is 7.95. The molecule has 1 aliphatic carbocycles. The molecule has 1 aromatic rings. The fourth-order valence-corrected chi connectivity index (χ4v) is 2.20. The molecule has 1 aromatic carbocycles. The molecule has 0 atom stereocenters. The first kappa shape index (κ1) is 11.9. The van der Waals surface area contributed by atoms with E-state index >= 15 is 0 Å². The molecule has 2 nitrogen and oxygen atoms in total. The Balaban J connectivity index is 1.87. The second kappa shape index (κ2) is 4.74. The topological polar surface area (TPSA) is 23.5 Å². The van der Waals surface area contributed by atoms with Crippen molar-refractivity contribution in [3.05, 3.63) is 34.9 Å². The van der Waals surface area contributed by atoms with Gasteiger partial charge in [0.25, 0.3) is 0 Å². The summed E-state index contributed by atoms with van der Waals surface area (Å²) in [5.74, 6) is 0. The van der Waals surface area contributed by atoms with Gasteiger partial charge in [0, 0.05) is 30.1 Å². The van der Waals surface area contributed by atoms with Crippen LogP contribution in [0.5, 0.6) is 0 Å². The number of nitrogens with zero attached hydrogens (tertiary/aromatic N) is 1. The zero-order valence-corrected chi connectivity index (χ0v) is 10.4. The van der Waals surface area contributed by atoms with Crippen LogP contribution >= 0.6 is 11.6 Å². The third-order valence-corrected chi connectivity index (χ3v) is 3.52. The number of aliphatic hydroxyl groups excluding tert-OH is 1. The van der Waals surface area contributed by atoms with E-state index in [1.165, 1.54) is 5.56 Å². The van der Waals surface area contributed by atoms with Gasteiger partial charge in [-0.05, 0) is 37.6 Å². The summed E-state index contributed by atoms with van der Waals surface area (Å²) < 4.78 is 0. The Morgan fingerprint density at radius 2 is 1.94 bits per heavy atom. The number of hydrogen-bond acceptors (Lipinski definition) is 2. The number of hydrogen-bond donors (Lipinski definition) is 1. The van der Waals surface area contributed by atoms with Gasteiger partial charge in [-0.2, -0.15) is 0 Å². The third kappa shape index (κ3) is 2.97. The molecule has 1 aliphatic rings. The lowest BCUT2D eigenvalue weighted by Crippen LogP contribution is -2.28. The van der Waals surface area contributed by atoms with Crippen molar-refractivity contribution < 1.29 is 5.11 Å². The Morgan fingerprint density at radius 3 is 2.44 bits per heavy atom. The molecule has 0 spiro atoms. The lowest BCUT2D eigenvalue weighted by molar-refractivity contribution is 0.161. The van der Waals surface area contributed by atoms with E-state index in [4.69, 9.17) is 11.6 Å². The number of aliphatic hydroxyl groups is 1. The lowest BCUT2D eigenvalue weighted by atomic mass is 10.1. The van der Waals surface area contributed by atoms with Crippen LogP contribution in [0.4, 0.5) is 0 Å². The molecule has 0 aromatic heterocycles. The molecule has 88 valence electrons. The van der Waals surface area contributed by atoms with Crippen molar-refractivity contribution in [2.75, 3.05) is 20.2 Å². The molecule has 16 heavy (non-hydrogen) atoms. The van der Waals surface area contributed by atoms with Crippen molar-refractivity contribution in [3.63, 3.8) is 0 Å². The third-order valence-electron chi connectivity index (χ3n) is 3.26. The van der Waals surface area contributed by atoms with Gasteiger partial charge in [0.1, 0.15) is 0 Å². The van der Waals surface area contributed by atoms with Gasteiger partial charge in [-0.1, -0.05) is 23.7 Å². The number of rotatable bonds is 5. The maximum Gasteiger partial charge on any atom is 0.0499 e. The van der Waals surface area contributed by atoms with Crippen molar-refractivity contribution in [2.45, 2.75) is 19.4 Å². The number of benzene rings is 1. The predicted molar refractivity (Wildman–Crippen MR) is 66.5 cm³/mol. The van der Waals surface area contributed by atoms with Crippen molar-refractivity contribution in [3.8, 4) is 0 Å². The minimum atomic E-state index is 0.196. The Labute approximate surface area is 102 Å². The molecule has 0 bridgehead atoms. The highest BCUT2D eigenvalue weighted by Gasteiger charge is 2.42. The lowest BCUT2D eigenvalue weighted by Gasteiger charge is -2.22. The number of halogens is 1. The Bertz CT molecular complexity index is 345. The van der Waals surface area contributed by atoms with Gasteiger partial charge in [0.2, 0.25) is 0 Å². The van der Waals surface area contributed by atoms with E-state index in [-0.39, 0.29) is 5.41 Å². The van der Waals surface area contributed by atoms with Gasteiger partial charge in [0.15, 0.2) is 0 Å². The molecule has 1 saturated carbocycles.